The van der Waals surface area contributed by atoms with Gasteiger partial charge in [0.2, 0.25) is 0 Å². The number of nitrogens with zero attached hydrogens (tertiary/aromatic N) is 2. The van der Waals surface area contributed by atoms with E-state index in [0.29, 0.717) is 16.4 Å². The van der Waals surface area contributed by atoms with Gasteiger partial charge in [0.15, 0.2) is 5.13 Å². The number of rotatable bonds is 3. The Morgan fingerprint density at radius 1 is 0.962 bits per heavy atom. The maximum Gasteiger partial charge on any atom is 0.264 e. The van der Waals surface area contributed by atoms with Gasteiger partial charge in [-0.15, -0.1) is 0 Å². The molecule has 0 bridgehead atoms. The highest BCUT2D eigenvalue weighted by molar-refractivity contribution is 7.22. The number of carbonyl (C=O) groups is 1. The third kappa shape index (κ3) is 3.09. The molecular formula is C21H15FN2OS. The van der Waals surface area contributed by atoms with Crippen LogP contribution in [0, 0.1) is 12.7 Å². The molecule has 4 rings (SSSR count). The normalized spacial score (nSPS) is 10.8. The molecule has 0 saturated carbocycles. The molecule has 0 aliphatic heterocycles. The van der Waals surface area contributed by atoms with Gasteiger partial charge in [-0.2, -0.15) is 0 Å². The van der Waals surface area contributed by atoms with Gasteiger partial charge in [0.25, 0.3) is 5.91 Å². The number of anilines is 2. The van der Waals surface area contributed by atoms with Crippen LogP contribution in [0.2, 0.25) is 0 Å². The summed E-state index contributed by atoms with van der Waals surface area (Å²) in [7, 11) is 0. The van der Waals surface area contributed by atoms with Crippen molar-refractivity contribution in [3.8, 4) is 0 Å². The molecule has 0 N–H and O–H groups in total. The summed E-state index contributed by atoms with van der Waals surface area (Å²) < 4.78 is 14.4. The minimum absolute atomic E-state index is 0.198. The Morgan fingerprint density at radius 3 is 2.35 bits per heavy atom. The van der Waals surface area contributed by atoms with Crippen LogP contribution in [0.4, 0.5) is 15.2 Å². The summed E-state index contributed by atoms with van der Waals surface area (Å²) in [5.41, 5.74) is 3.04. The number of benzene rings is 3. The van der Waals surface area contributed by atoms with Gasteiger partial charge >= 0.3 is 0 Å². The van der Waals surface area contributed by atoms with E-state index >= 15 is 0 Å². The van der Waals surface area contributed by atoms with Crippen molar-refractivity contribution in [3.05, 3.63) is 89.7 Å². The lowest BCUT2D eigenvalue weighted by Gasteiger charge is -2.20. The molecule has 0 unspecified atom stereocenters. The SMILES string of the molecule is Cc1ccc(C(=O)N(c2ccc(F)cc2)c2nc3ccccc3s2)cc1. The number of aryl methyl sites for hydroxylation is 1. The lowest BCUT2D eigenvalue weighted by Crippen LogP contribution is -2.25. The van der Waals surface area contributed by atoms with Crippen molar-refractivity contribution in [2.24, 2.45) is 0 Å². The van der Waals surface area contributed by atoms with E-state index in [-0.39, 0.29) is 11.7 Å². The molecule has 0 atom stereocenters. The summed E-state index contributed by atoms with van der Waals surface area (Å²) in [6, 6.07) is 21.0. The second-order valence-electron chi connectivity index (χ2n) is 5.95. The van der Waals surface area contributed by atoms with Crippen LogP contribution < -0.4 is 4.90 Å². The van der Waals surface area contributed by atoms with Gasteiger partial charge in [-0.05, 0) is 55.5 Å². The van der Waals surface area contributed by atoms with Crippen LogP contribution >= 0.6 is 11.3 Å². The topological polar surface area (TPSA) is 33.2 Å². The second-order valence-corrected chi connectivity index (χ2v) is 6.96. The third-order valence-electron chi connectivity index (χ3n) is 4.06. The molecule has 1 amide bonds. The smallest absolute Gasteiger partial charge is 0.264 e. The molecule has 0 aliphatic rings. The minimum Gasteiger partial charge on any atom is -0.268 e. The van der Waals surface area contributed by atoms with Crippen molar-refractivity contribution < 1.29 is 9.18 Å². The lowest BCUT2D eigenvalue weighted by atomic mass is 10.1. The number of thiazole rings is 1. The van der Waals surface area contributed by atoms with Crippen LogP contribution in [-0.2, 0) is 0 Å². The minimum atomic E-state index is -0.346. The van der Waals surface area contributed by atoms with Gasteiger partial charge in [0, 0.05) is 5.56 Å². The van der Waals surface area contributed by atoms with E-state index in [4.69, 9.17) is 0 Å². The molecule has 3 aromatic carbocycles. The predicted molar refractivity (Wildman–Crippen MR) is 104 cm³/mol. The van der Waals surface area contributed by atoms with Gasteiger partial charge in [-0.1, -0.05) is 41.2 Å². The standard InChI is InChI=1S/C21H15FN2OS/c1-14-6-8-15(9-7-14)20(25)24(17-12-10-16(22)11-13-17)21-23-18-4-2-3-5-19(18)26-21/h2-13H,1H3. The van der Waals surface area contributed by atoms with Gasteiger partial charge in [-0.3, -0.25) is 9.69 Å². The molecular weight excluding hydrogens is 347 g/mol. The third-order valence-corrected chi connectivity index (χ3v) is 5.08. The van der Waals surface area contributed by atoms with Gasteiger partial charge in [0.05, 0.1) is 15.9 Å². The number of hydrogen-bond acceptors (Lipinski definition) is 3. The summed E-state index contributed by atoms with van der Waals surface area (Å²) in [6.45, 7) is 1.97. The molecule has 0 spiro atoms. The zero-order valence-electron chi connectivity index (χ0n) is 14.0. The Labute approximate surface area is 154 Å². The quantitative estimate of drug-likeness (QED) is 0.467. The summed E-state index contributed by atoms with van der Waals surface area (Å²) >= 11 is 1.43. The Balaban J connectivity index is 1.84. The molecule has 4 aromatic rings. The molecule has 0 saturated heterocycles. The van der Waals surface area contributed by atoms with Gasteiger partial charge in [-0.25, -0.2) is 9.37 Å². The molecule has 3 nitrogen and oxygen atoms in total. The van der Waals surface area contributed by atoms with E-state index in [1.807, 2.05) is 43.3 Å². The number of hydrogen-bond donors (Lipinski definition) is 0. The highest BCUT2D eigenvalue weighted by Crippen LogP contribution is 2.34. The van der Waals surface area contributed by atoms with Crippen molar-refractivity contribution in [1.29, 1.82) is 0 Å². The average molecular weight is 362 g/mol. The molecule has 128 valence electrons. The maximum absolute atomic E-state index is 13.4. The van der Waals surface area contributed by atoms with Crippen LogP contribution in [0.5, 0.6) is 0 Å². The number of carbonyl (C=O) groups excluding carboxylic acids is 1. The Morgan fingerprint density at radius 2 is 1.65 bits per heavy atom. The summed E-state index contributed by atoms with van der Waals surface area (Å²) in [4.78, 5) is 19.4. The molecule has 0 fully saturated rings. The van der Waals surface area contributed by atoms with Crippen LogP contribution in [0.25, 0.3) is 10.2 Å². The van der Waals surface area contributed by atoms with Crippen LogP contribution in [0.15, 0.2) is 72.8 Å². The van der Waals surface area contributed by atoms with Gasteiger partial charge < -0.3 is 0 Å². The highest BCUT2D eigenvalue weighted by atomic mass is 32.1. The summed E-state index contributed by atoms with van der Waals surface area (Å²) in [5, 5.41) is 0.559. The molecule has 0 aliphatic carbocycles. The average Bonchev–Trinajstić information content (AvgIpc) is 3.07. The Bertz CT molecular complexity index is 1040. The van der Waals surface area contributed by atoms with E-state index in [0.717, 1.165) is 15.8 Å². The summed E-state index contributed by atoms with van der Waals surface area (Å²) in [5.74, 6) is -0.545. The first-order valence-corrected chi connectivity index (χ1v) is 8.96. The number of halogens is 1. The molecule has 0 radical (unpaired) electrons. The lowest BCUT2D eigenvalue weighted by molar-refractivity contribution is 0.0999. The zero-order valence-corrected chi connectivity index (χ0v) is 14.8. The Kier molecular flexibility index (Phi) is 4.22. The van der Waals surface area contributed by atoms with E-state index in [9.17, 15) is 9.18 Å². The number of para-hydroxylation sites is 1. The number of aromatic nitrogens is 1. The first-order valence-electron chi connectivity index (χ1n) is 8.14. The van der Waals surface area contributed by atoms with Crippen molar-refractivity contribution in [1.82, 2.24) is 4.98 Å². The van der Waals surface area contributed by atoms with Crippen LogP contribution in [0.1, 0.15) is 15.9 Å². The fourth-order valence-electron chi connectivity index (χ4n) is 2.69. The van der Waals surface area contributed by atoms with Crippen LogP contribution in [0.3, 0.4) is 0 Å². The van der Waals surface area contributed by atoms with E-state index in [1.54, 1.807) is 24.3 Å². The van der Waals surface area contributed by atoms with E-state index in [1.165, 1.54) is 28.4 Å². The monoisotopic (exact) mass is 362 g/mol. The van der Waals surface area contributed by atoms with Gasteiger partial charge in [0.1, 0.15) is 5.82 Å². The highest BCUT2D eigenvalue weighted by Gasteiger charge is 2.23. The maximum atomic E-state index is 13.4. The van der Waals surface area contributed by atoms with E-state index < -0.39 is 0 Å². The number of amides is 1. The first kappa shape index (κ1) is 16.4. The Hall–Kier alpha value is -3.05. The largest absolute Gasteiger partial charge is 0.268 e. The van der Waals surface area contributed by atoms with Crippen molar-refractivity contribution in [3.63, 3.8) is 0 Å². The fraction of sp³-hybridized carbons (Fsp3) is 0.0476. The molecule has 1 heterocycles. The van der Waals surface area contributed by atoms with E-state index in [2.05, 4.69) is 4.98 Å². The summed E-state index contributed by atoms with van der Waals surface area (Å²) in [6.07, 6.45) is 0. The molecule has 26 heavy (non-hydrogen) atoms. The van der Waals surface area contributed by atoms with Crippen molar-refractivity contribution in [2.75, 3.05) is 4.90 Å². The fourth-order valence-corrected chi connectivity index (χ4v) is 3.67. The van der Waals surface area contributed by atoms with Crippen molar-refractivity contribution in [2.45, 2.75) is 6.92 Å². The predicted octanol–water partition coefficient (Wildman–Crippen LogP) is 5.72. The first-order chi connectivity index (χ1) is 12.6. The molecule has 5 heteroatoms. The van der Waals surface area contributed by atoms with Crippen LogP contribution in [-0.4, -0.2) is 10.9 Å². The second kappa shape index (κ2) is 6.69. The molecule has 1 aromatic heterocycles. The van der Waals surface area contributed by atoms with Crippen molar-refractivity contribution >= 4 is 38.3 Å². The zero-order chi connectivity index (χ0) is 18.1. The number of fused-ring (bicyclic) bond motifs is 1.